The standard InChI is InChI=1S/C16H22F2N2O2/c1-9(15(2,3)4)19-8-12(21)10-6-5-7-11-13(10)16(17,18)14(22)20-11/h5-7,9,12,19,21H,8H2,1-4H3,(H,20,22)/t9-,12-/m0/s1. The molecule has 0 aromatic heterocycles. The van der Waals surface area contributed by atoms with Crippen molar-refractivity contribution in [1.82, 2.24) is 5.32 Å². The molecule has 0 saturated carbocycles. The lowest BCUT2D eigenvalue weighted by Gasteiger charge is -2.29. The van der Waals surface area contributed by atoms with Gasteiger partial charge < -0.3 is 15.7 Å². The Labute approximate surface area is 128 Å². The van der Waals surface area contributed by atoms with E-state index in [0.717, 1.165) is 0 Å². The fourth-order valence-corrected chi connectivity index (χ4v) is 2.32. The Morgan fingerprint density at radius 2 is 2.00 bits per heavy atom. The monoisotopic (exact) mass is 312 g/mol. The molecule has 1 aromatic carbocycles. The molecule has 0 bridgehead atoms. The fraction of sp³-hybridized carbons (Fsp3) is 0.562. The van der Waals surface area contributed by atoms with Crippen LogP contribution in [0.1, 0.15) is 44.9 Å². The van der Waals surface area contributed by atoms with Gasteiger partial charge in [-0.25, -0.2) is 0 Å². The summed E-state index contributed by atoms with van der Waals surface area (Å²) in [4.78, 5) is 11.4. The molecule has 1 heterocycles. The van der Waals surface area contributed by atoms with Crippen LogP contribution in [0.15, 0.2) is 18.2 Å². The Balaban J connectivity index is 2.21. The molecule has 6 heteroatoms. The third-order valence-electron chi connectivity index (χ3n) is 4.22. The predicted octanol–water partition coefficient (Wildman–Crippen LogP) is 2.79. The SMILES string of the molecule is C[C@H](NC[C@H](O)c1cccc2c1C(F)(F)C(=O)N2)C(C)(C)C. The van der Waals surface area contributed by atoms with Crippen molar-refractivity contribution in [1.29, 1.82) is 0 Å². The summed E-state index contributed by atoms with van der Waals surface area (Å²) in [5.74, 6) is -4.96. The first-order valence-corrected chi connectivity index (χ1v) is 7.29. The molecule has 1 amide bonds. The first-order valence-electron chi connectivity index (χ1n) is 7.29. The Bertz CT molecular complexity index is 582. The second-order valence-corrected chi connectivity index (χ2v) is 6.81. The first kappa shape index (κ1) is 16.8. The average molecular weight is 312 g/mol. The van der Waals surface area contributed by atoms with Crippen LogP contribution >= 0.6 is 0 Å². The topological polar surface area (TPSA) is 61.4 Å². The molecule has 22 heavy (non-hydrogen) atoms. The Kier molecular flexibility index (Phi) is 4.28. The van der Waals surface area contributed by atoms with Gasteiger partial charge in [0.2, 0.25) is 0 Å². The van der Waals surface area contributed by atoms with Crippen molar-refractivity contribution in [2.75, 3.05) is 11.9 Å². The van der Waals surface area contributed by atoms with Gasteiger partial charge >= 0.3 is 5.92 Å². The number of aliphatic hydroxyl groups excluding tert-OH is 1. The molecule has 2 atom stereocenters. The van der Waals surface area contributed by atoms with Gasteiger partial charge in [0.05, 0.1) is 17.4 Å². The largest absolute Gasteiger partial charge is 0.387 e. The lowest BCUT2D eigenvalue weighted by Crippen LogP contribution is -2.40. The maximum Gasteiger partial charge on any atom is 0.352 e. The van der Waals surface area contributed by atoms with Gasteiger partial charge in [0, 0.05) is 12.6 Å². The second kappa shape index (κ2) is 5.59. The zero-order chi connectivity index (χ0) is 16.7. The Morgan fingerprint density at radius 1 is 1.36 bits per heavy atom. The van der Waals surface area contributed by atoms with Crippen LogP contribution in [0.4, 0.5) is 14.5 Å². The minimum absolute atomic E-state index is 0.0141. The molecule has 4 nitrogen and oxygen atoms in total. The number of carbonyl (C=O) groups excluding carboxylic acids is 1. The summed E-state index contributed by atoms with van der Waals surface area (Å²) in [7, 11) is 0. The Morgan fingerprint density at radius 3 is 2.59 bits per heavy atom. The number of aliphatic hydroxyl groups is 1. The van der Waals surface area contributed by atoms with Gasteiger partial charge in [-0.2, -0.15) is 8.78 Å². The van der Waals surface area contributed by atoms with Gasteiger partial charge in [0.25, 0.3) is 5.91 Å². The van der Waals surface area contributed by atoms with Gasteiger partial charge in [-0.1, -0.05) is 32.9 Å². The Hall–Kier alpha value is -1.53. The number of hydrogen-bond donors (Lipinski definition) is 3. The third kappa shape index (κ3) is 2.98. The van der Waals surface area contributed by atoms with Crippen molar-refractivity contribution < 1.29 is 18.7 Å². The van der Waals surface area contributed by atoms with Crippen molar-refractivity contribution in [2.24, 2.45) is 5.41 Å². The van der Waals surface area contributed by atoms with Crippen LogP contribution < -0.4 is 10.6 Å². The van der Waals surface area contributed by atoms with E-state index in [4.69, 9.17) is 0 Å². The highest BCUT2D eigenvalue weighted by Gasteiger charge is 2.50. The number of fused-ring (bicyclic) bond motifs is 1. The van der Waals surface area contributed by atoms with E-state index in [1.807, 2.05) is 27.7 Å². The molecular formula is C16H22F2N2O2. The zero-order valence-corrected chi connectivity index (χ0v) is 13.2. The fourth-order valence-electron chi connectivity index (χ4n) is 2.32. The highest BCUT2D eigenvalue weighted by atomic mass is 19.3. The molecule has 0 radical (unpaired) electrons. The lowest BCUT2D eigenvalue weighted by molar-refractivity contribution is -0.139. The van der Waals surface area contributed by atoms with Gasteiger partial charge in [-0.15, -0.1) is 0 Å². The molecular weight excluding hydrogens is 290 g/mol. The molecule has 0 spiro atoms. The first-order chi connectivity index (χ1) is 10.0. The zero-order valence-electron chi connectivity index (χ0n) is 13.2. The van der Waals surface area contributed by atoms with E-state index in [1.54, 1.807) is 6.07 Å². The van der Waals surface area contributed by atoms with Crippen LogP contribution in [0.2, 0.25) is 0 Å². The van der Waals surface area contributed by atoms with E-state index in [0.29, 0.717) is 0 Å². The highest BCUT2D eigenvalue weighted by molar-refractivity contribution is 6.04. The summed E-state index contributed by atoms with van der Waals surface area (Å²) in [6.45, 7) is 8.26. The summed E-state index contributed by atoms with van der Waals surface area (Å²) < 4.78 is 28.0. The molecule has 1 aromatic rings. The van der Waals surface area contributed by atoms with Crippen molar-refractivity contribution in [3.05, 3.63) is 29.3 Å². The lowest BCUT2D eigenvalue weighted by atomic mass is 9.88. The minimum atomic E-state index is -3.61. The van der Waals surface area contributed by atoms with E-state index in [1.165, 1.54) is 12.1 Å². The molecule has 0 unspecified atom stereocenters. The van der Waals surface area contributed by atoms with Crippen LogP contribution in [0.3, 0.4) is 0 Å². The normalized spacial score (nSPS) is 19.5. The van der Waals surface area contributed by atoms with Crippen LogP contribution in [0, 0.1) is 5.41 Å². The summed E-state index contributed by atoms with van der Waals surface area (Å²) in [6.07, 6.45) is -1.11. The summed E-state index contributed by atoms with van der Waals surface area (Å²) >= 11 is 0. The average Bonchev–Trinajstić information content (AvgIpc) is 2.65. The van der Waals surface area contributed by atoms with E-state index >= 15 is 0 Å². The molecule has 3 N–H and O–H groups in total. The van der Waals surface area contributed by atoms with Gasteiger partial charge in [0.15, 0.2) is 0 Å². The molecule has 1 aliphatic heterocycles. The van der Waals surface area contributed by atoms with E-state index < -0.39 is 23.5 Å². The molecule has 1 aliphatic rings. The minimum Gasteiger partial charge on any atom is -0.387 e. The van der Waals surface area contributed by atoms with Crippen LogP contribution in [-0.2, 0) is 10.7 Å². The number of anilines is 1. The summed E-state index contributed by atoms with van der Waals surface area (Å²) in [5, 5.41) is 15.6. The number of amides is 1. The van der Waals surface area contributed by atoms with E-state index in [-0.39, 0.29) is 29.3 Å². The highest BCUT2D eigenvalue weighted by Crippen LogP contribution is 2.44. The number of nitrogens with one attached hydrogen (secondary N) is 2. The van der Waals surface area contributed by atoms with Crippen LogP contribution in [0.5, 0.6) is 0 Å². The predicted molar refractivity (Wildman–Crippen MR) is 80.8 cm³/mol. The number of alkyl halides is 2. The number of hydrogen-bond acceptors (Lipinski definition) is 3. The van der Waals surface area contributed by atoms with Crippen molar-refractivity contribution in [2.45, 2.75) is 45.8 Å². The molecule has 0 saturated heterocycles. The quantitative estimate of drug-likeness (QED) is 0.801. The summed E-state index contributed by atoms with van der Waals surface area (Å²) in [6, 6.07) is 4.49. The van der Waals surface area contributed by atoms with Crippen LogP contribution in [-0.4, -0.2) is 23.6 Å². The summed E-state index contributed by atoms with van der Waals surface area (Å²) in [5.41, 5.74) is -0.289. The molecule has 0 fully saturated rings. The third-order valence-corrected chi connectivity index (χ3v) is 4.22. The smallest absolute Gasteiger partial charge is 0.352 e. The van der Waals surface area contributed by atoms with Gasteiger partial charge in [-0.05, 0) is 24.0 Å². The maximum absolute atomic E-state index is 14.0. The second-order valence-electron chi connectivity index (χ2n) is 6.81. The number of rotatable bonds is 4. The van der Waals surface area contributed by atoms with E-state index in [9.17, 15) is 18.7 Å². The molecule has 2 rings (SSSR count). The molecule has 122 valence electrons. The van der Waals surface area contributed by atoms with Crippen molar-refractivity contribution in [3.8, 4) is 0 Å². The number of benzene rings is 1. The maximum atomic E-state index is 14.0. The van der Waals surface area contributed by atoms with Crippen molar-refractivity contribution in [3.63, 3.8) is 0 Å². The van der Waals surface area contributed by atoms with Crippen LogP contribution in [0.25, 0.3) is 0 Å². The van der Waals surface area contributed by atoms with Gasteiger partial charge in [-0.3, -0.25) is 4.79 Å². The van der Waals surface area contributed by atoms with E-state index in [2.05, 4.69) is 10.6 Å². The molecule has 0 aliphatic carbocycles. The van der Waals surface area contributed by atoms with Crippen molar-refractivity contribution >= 4 is 11.6 Å². The number of carbonyl (C=O) groups is 1. The van der Waals surface area contributed by atoms with Gasteiger partial charge in [0.1, 0.15) is 0 Å². The number of halogens is 2.